The smallest absolute Gasteiger partial charge is 0.320 e. The molecule has 0 aliphatic heterocycles. The summed E-state index contributed by atoms with van der Waals surface area (Å²) in [6.45, 7) is 7.34. The minimum Gasteiger partial charge on any atom is -0.498 e. The standard InChI is InChI=1S/C11H18O5/c1-4-9(10(12)15-6-3)11(13)16-8-7-14-5-2/h5,9H,2,4,6-8H2,1,3H3. The van der Waals surface area contributed by atoms with Crippen LogP contribution in [-0.4, -0.2) is 31.8 Å². The van der Waals surface area contributed by atoms with E-state index in [-0.39, 0.29) is 19.8 Å². The molecule has 0 spiro atoms. The average Bonchev–Trinajstić information content (AvgIpc) is 2.26. The van der Waals surface area contributed by atoms with Crippen LogP contribution in [0.2, 0.25) is 0 Å². The Morgan fingerprint density at radius 2 is 1.81 bits per heavy atom. The Kier molecular flexibility index (Phi) is 7.93. The molecule has 0 heterocycles. The summed E-state index contributed by atoms with van der Waals surface area (Å²) in [6.07, 6.45) is 1.62. The van der Waals surface area contributed by atoms with Crippen molar-refractivity contribution < 1.29 is 23.8 Å². The van der Waals surface area contributed by atoms with Crippen LogP contribution in [0.15, 0.2) is 12.8 Å². The Hall–Kier alpha value is -1.52. The van der Waals surface area contributed by atoms with E-state index in [2.05, 4.69) is 6.58 Å². The average molecular weight is 230 g/mol. The van der Waals surface area contributed by atoms with Crippen LogP contribution in [0.5, 0.6) is 0 Å². The van der Waals surface area contributed by atoms with Crippen LogP contribution < -0.4 is 0 Å². The Bertz CT molecular complexity index is 237. The van der Waals surface area contributed by atoms with E-state index < -0.39 is 17.9 Å². The first-order chi connectivity index (χ1) is 7.67. The van der Waals surface area contributed by atoms with Crippen molar-refractivity contribution >= 4 is 11.9 Å². The van der Waals surface area contributed by atoms with Crippen molar-refractivity contribution in [3.8, 4) is 0 Å². The van der Waals surface area contributed by atoms with Crippen molar-refractivity contribution in [3.63, 3.8) is 0 Å². The summed E-state index contributed by atoms with van der Waals surface area (Å²) in [7, 11) is 0. The summed E-state index contributed by atoms with van der Waals surface area (Å²) >= 11 is 0. The summed E-state index contributed by atoms with van der Waals surface area (Å²) in [4.78, 5) is 22.8. The van der Waals surface area contributed by atoms with Gasteiger partial charge in [0, 0.05) is 0 Å². The van der Waals surface area contributed by atoms with Gasteiger partial charge in [0.05, 0.1) is 12.9 Å². The molecule has 0 fully saturated rings. The molecular formula is C11H18O5. The zero-order chi connectivity index (χ0) is 12.4. The van der Waals surface area contributed by atoms with Crippen molar-refractivity contribution in [1.82, 2.24) is 0 Å². The lowest BCUT2D eigenvalue weighted by atomic mass is 10.1. The number of carbonyl (C=O) groups excluding carboxylic acids is 2. The number of carbonyl (C=O) groups is 2. The molecule has 0 saturated carbocycles. The van der Waals surface area contributed by atoms with Crippen LogP contribution in [0.4, 0.5) is 0 Å². The van der Waals surface area contributed by atoms with Crippen molar-refractivity contribution in [1.29, 1.82) is 0 Å². The monoisotopic (exact) mass is 230 g/mol. The van der Waals surface area contributed by atoms with Gasteiger partial charge in [0.2, 0.25) is 0 Å². The highest BCUT2D eigenvalue weighted by Gasteiger charge is 2.27. The van der Waals surface area contributed by atoms with Crippen LogP contribution in [0, 0.1) is 5.92 Å². The highest BCUT2D eigenvalue weighted by molar-refractivity contribution is 5.94. The summed E-state index contributed by atoms with van der Waals surface area (Å²) < 4.78 is 14.4. The molecule has 5 nitrogen and oxygen atoms in total. The molecule has 1 atom stereocenters. The molecular weight excluding hydrogens is 212 g/mol. The van der Waals surface area contributed by atoms with Gasteiger partial charge in [0.25, 0.3) is 0 Å². The first kappa shape index (κ1) is 14.5. The van der Waals surface area contributed by atoms with Crippen molar-refractivity contribution in [2.24, 2.45) is 5.92 Å². The van der Waals surface area contributed by atoms with E-state index in [9.17, 15) is 9.59 Å². The molecule has 0 amide bonds. The van der Waals surface area contributed by atoms with E-state index in [4.69, 9.17) is 14.2 Å². The fourth-order valence-corrected chi connectivity index (χ4v) is 1.05. The summed E-state index contributed by atoms with van der Waals surface area (Å²) in [5.41, 5.74) is 0. The number of rotatable bonds is 8. The maximum atomic E-state index is 11.4. The van der Waals surface area contributed by atoms with Gasteiger partial charge in [-0.15, -0.1) is 0 Å². The SMILES string of the molecule is C=COCCOC(=O)C(CC)C(=O)OCC. The van der Waals surface area contributed by atoms with Crippen molar-refractivity contribution in [2.45, 2.75) is 20.3 Å². The predicted molar refractivity (Wildman–Crippen MR) is 57.5 cm³/mol. The first-order valence-electron chi connectivity index (χ1n) is 5.23. The molecule has 1 unspecified atom stereocenters. The van der Waals surface area contributed by atoms with Gasteiger partial charge >= 0.3 is 11.9 Å². The molecule has 0 aliphatic carbocycles. The van der Waals surface area contributed by atoms with Crippen LogP contribution in [0.3, 0.4) is 0 Å². The van der Waals surface area contributed by atoms with Gasteiger partial charge in [-0.1, -0.05) is 13.5 Å². The van der Waals surface area contributed by atoms with Crippen LogP contribution >= 0.6 is 0 Å². The second-order valence-electron chi connectivity index (χ2n) is 2.92. The molecule has 0 aromatic rings. The third-order valence-corrected chi connectivity index (χ3v) is 1.83. The largest absolute Gasteiger partial charge is 0.498 e. The quantitative estimate of drug-likeness (QED) is 0.272. The van der Waals surface area contributed by atoms with Crippen LogP contribution in [-0.2, 0) is 23.8 Å². The van der Waals surface area contributed by atoms with Gasteiger partial charge in [0.15, 0.2) is 5.92 Å². The van der Waals surface area contributed by atoms with Crippen molar-refractivity contribution in [2.75, 3.05) is 19.8 Å². The number of ether oxygens (including phenoxy) is 3. The first-order valence-corrected chi connectivity index (χ1v) is 5.23. The minimum atomic E-state index is -0.844. The number of hydrogen-bond acceptors (Lipinski definition) is 5. The number of esters is 2. The van der Waals surface area contributed by atoms with E-state index >= 15 is 0 Å². The molecule has 0 radical (unpaired) electrons. The van der Waals surface area contributed by atoms with Gasteiger partial charge in [-0.2, -0.15) is 0 Å². The fourth-order valence-electron chi connectivity index (χ4n) is 1.05. The molecule has 92 valence electrons. The summed E-state index contributed by atoms with van der Waals surface area (Å²) in [5, 5.41) is 0. The lowest BCUT2D eigenvalue weighted by molar-refractivity contribution is -0.162. The third-order valence-electron chi connectivity index (χ3n) is 1.83. The van der Waals surface area contributed by atoms with E-state index in [1.165, 1.54) is 6.26 Å². The van der Waals surface area contributed by atoms with Crippen LogP contribution in [0.1, 0.15) is 20.3 Å². The van der Waals surface area contributed by atoms with Gasteiger partial charge in [0.1, 0.15) is 13.2 Å². The normalized spacial score (nSPS) is 11.4. The van der Waals surface area contributed by atoms with E-state index in [1.807, 2.05) is 0 Å². The second-order valence-corrected chi connectivity index (χ2v) is 2.92. The molecule has 16 heavy (non-hydrogen) atoms. The highest BCUT2D eigenvalue weighted by Crippen LogP contribution is 2.08. The van der Waals surface area contributed by atoms with Crippen molar-refractivity contribution in [3.05, 3.63) is 12.8 Å². The van der Waals surface area contributed by atoms with Gasteiger partial charge < -0.3 is 14.2 Å². The summed E-state index contributed by atoms with van der Waals surface area (Å²) in [5.74, 6) is -1.96. The Balaban J connectivity index is 4.00. The Morgan fingerprint density at radius 1 is 1.19 bits per heavy atom. The summed E-state index contributed by atoms with van der Waals surface area (Å²) in [6, 6.07) is 0. The second kappa shape index (κ2) is 8.76. The lowest BCUT2D eigenvalue weighted by Crippen LogP contribution is -2.28. The zero-order valence-corrected chi connectivity index (χ0v) is 9.73. The molecule has 0 saturated heterocycles. The lowest BCUT2D eigenvalue weighted by Gasteiger charge is -2.12. The zero-order valence-electron chi connectivity index (χ0n) is 9.73. The highest BCUT2D eigenvalue weighted by atomic mass is 16.6. The van der Waals surface area contributed by atoms with Gasteiger partial charge in [-0.25, -0.2) is 0 Å². The fraction of sp³-hybridized carbons (Fsp3) is 0.636. The predicted octanol–water partition coefficient (Wildman–Crippen LogP) is 1.28. The molecule has 0 bridgehead atoms. The van der Waals surface area contributed by atoms with E-state index in [1.54, 1.807) is 13.8 Å². The maximum Gasteiger partial charge on any atom is 0.320 e. The van der Waals surface area contributed by atoms with E-state index in [0.29, 0.717) is 6.42 Å². The number of hydrogen-bond donors (Lipinski definition) is 0. The third kappa shape index (κ3) is 5.38. The van der Waals surface area contributed by atoms with E-state index in [0.717, 1.165) is 0 Å². The molecule has 0 rings (SSSR count). The maximum absolute atomic E-state index is 11.4. The van der Waals surface area contributed by atoms with Crippen LogP contribution in [0.25, 0.3) is 0 Å². The molecule has 0 N–H and O–H groups in total. The molecule has 0 aromatic carbocycles. The molecule has 5 heteroatoms. The topological polar surface area (TPSA) is 61.8 Å². The Labute approximate surface area is 95.4 Å². The van der Waals surface area contributed by atoms with Gasteiger partial charge in [-0.05, 0) is 13.3 Å². The molecule has 0 aliphatic rings. The Morgan fingerprint density at radius 3 is 2.31 bits per heavy atom. The van der Waals surface area contributed by atoms with Gasteiger partial charge in [-0.3, -0.25) is 9.59 Å². The molecule has 0 aromatic heterocycles. The minimum absolute atomic E-state index is 0.0980.